The Morgan fingerprint density at radius 2 is 0.753 bits per heavy atom. The number of amides is 1. The van der Waals surface area contributed by atoms with E-state index in [-0.39, 0.29) is 31.5 Å². The van der Waals surface area contributed by atoms with Gasteiger partial charge in [0.25, 0.3) is 7.82 Å². The molecule has 0 aliphatic carbocycles. The first kappa shape index (κ1) is 75.5. The predicted octanol–water partition coefficient (Wildman–Crippen LogP) is 20.3. The van der Waals surface area contributed by atoms with Crippen molar-refractivity contribution in [2.45, 2.75) is 354 Å². The SMILES string of the molecule is CCCCCCCC/C=C/CCCCCCCCCCCCCCCCCCCC(=O)NC(COP(=O)([O-])OCC[N+](C)(C)C)C(/C=C\CCCCCCCCCCC)OC(=O)CCCCCCCCCCCCCCC. The van der Waals surface area contributed by atoms with Crippen molar-refractivity contribution < 1.29 is 37.3 Å². The second-order valence-corrected chi connectivity index (χ2v) is 25.7. The van der Waals surface area contributed by atoms with E-state index in [1.807, 2.05) is 33.3 Å². The lowest BCUT2D eigenvalue weighted by Gasteiger charge is -2.30. The highest BCUT2D eigenvalue weighted by Gasteiger charge is 2.27. The number of carbonyl (C=O) groups excluding carboxylic acids is 2. The van der Waals surface area contributed by atoms with Gasteiger partial charge in [-0.1, -0.05) is 296 Å². The van der Waals surface area contributed by atoms with Gasteiger partial charge < -0.3 is 28.5 Å². The molecular formula is C67H131N2O7P. The Morgan fingerprint density at radius 1 is 0.442 bits per heavy atom. The Hall–Kier alpha value is -1.51. The Balaban J connectivity index is 4.92. The number of phosphoric acid groups is 1. The molecule has 9 nitrogen and oxygen atoms in total. The molecule has 0 bridgehead atoms. The molecule has 0 saturated heterocycles. The highest BCUT2D eigenvalue weighted by atomic mass is 31.2. The summed E-state index contributed by atoms with van der Waals surface area (Å²) in [5, 5.41) is 3.04. The van der Waals surface area contributed by atoms with Crippen LogP contribution in [-0.4, -0.2) is 69.4 Å². The van der Waals surface area contributed by atoms with Gasteiger partial charge in [-0.05, 0) is 57.4 Å². The highest BCUT2D eigenvalue weighted by Crippen LogP contribution is 2.38. The van der Waals surface area contributed by atoms with Crippen molar-refractivity contribution >= 4 is 19.7 Å². The van der Waals surface area contributed by atoms with Crippen LogP contribution < -0.4 is 10.2 Å². The maximum Gasteiger partial charge on any atom is 0.306 e. The fourth-order valence-corrected chi connectivity index (χ4v) is 10.9. The van der Waals surface area contributed by atoms with Gasteiger partial charge in [-0.25, -0.2) is 0 Å². The zero-order valence-electron chi connectivity index (χ0n) is 52.2. The zero-order chi connectivity index (χ0) is 56.4. The third kappa shape index (κ3) is 58.9. The third-order valence-corrected chi connectivity index (χ3v) is 16.3. The number of hydrogen-bond acceptors (Lipinski definition) is 7. The van der Waals surface area contributed by atoms with E-state index in [0.717, 1.165) is 57.8 Å². The number of hydrogen-bond donors (Lipinski definition) is 1. The van der Waals surface area contributed by atoms with Crippen molar-refractivity contribution in [3.05, 3.63) is 24.3 Å². The van der Waals surface area contributed by atoms with E-state index >= 15 is 0 Å². The first-order chi connectivity index (χ1) is 37.4. The second-order valence-electron chi connectivity index (χ2n) is 24.3. The highest BCUT2D eigenvalue weighted by molar-refractivity contribution is 7.45. The van der Waals surface area contributed by atoms with Gasteiger partial charge >= 0.3 is 5.97 Å². The lowest BCUT2D eigenvalue weighted by atomic mass is 10.0. The quantitative estimate of drug-likeness (QED) is 0.0212. The number of phosphoric ester groups is 1. The van der Waals surface area contributed by atoms with E-state index in [1.165, 1.54) is 250 Å². The minimum atomic E-state index is -4.69. The summed E-state index contributed by atoms with van der Waals surface area (Å²) in [4.78, 5) is 40.0. The van der Waals surface area contributed by atoms with Crippen LogP contribution in [0, 0.1) is 0 Å². The number of ether oxygens (including phenoxy) is 1. The molecule has 0 aromatic rings. The predicted molar refractivity (Wildman–Crippen MR) is 330 cm³/mol. The Kier molecular flexibility index (Phi) is 56.6. The largest absolute Gasteiger partial charge is 0.756 e. The number of rotatable bonds is 62. The van der Waals surface area contributed by atoms with Gasteiger partial charge in [-0.3, -0.25) is 14.2 Å². The first-order valence-corrected chi connectivity index (χ1v) is 35.1. The van der Waals surface area contributed by atoms with Gasteiger partial charge in [-0.15, -0.1) is 0 Å². The molecule has 0 rings (SSSR count). The van der Waals surface area contributed by atoms with Crippen LogP contribution in [0.4, 0.5) is 0 Å². The molecule has 456 valence electrons. The van der Waals surface area contributed by atoms with E-state index < -0.39 is 20.0 Å². The van der Waals surface area contributed by atoms with Crippen LogP contribution in [0.1, 0.15) is 342 Å². The molecule has 0 aromatic carbocycles. The number of allylic oxidation sites excluding steroid dienone is 3. The van der Waals surface area contributed by atoms with Crippen LogP contribution in [0.25, 0.3) is 0 Å². The van der Waals surface area contributed by atoms with Crippen molar-refractivity contribution in [3.8, 4) is 0 Å². The van der Waals surface area contributed by atoms with Gasteiger partial charge in [0.15, 0.2) is 0 Å². The summed E-state index contributed by atoms with van der Waals surface area (Å²) in [5.41, 5.74) is 0. The minimum absolute atomic E-state index is 0.0180. The van der Waals surface area contributed by atoms with Crippen LogP contribution in [0.5, 0.6) is 0 Å². The monoisotopic (exact) mass is 1110 g/mol. The molecule has 0 saturated carbocycles. The summed E-state index contributed by atoms with van der Waals surface area (Å²) in [6.07, 6.45) is 68.8. The van der Waals surface area contributed by atoms with E-state index in [2.05, 4.69) is 38.2 Å². The summed E-state index contributed by atoms with van der Waals surface area (Å²) in [5.74, 6) is -0.522. The number of nitrogens with zero attached hydrogens (tertiary/aromatic N) is 1. The van der Waals surface area contributed by atoms with E-state index in [9.17, 15) is 19.0 Å². The average molecular weight is 1110 g/mol. The lowest BCUT2D eigenvalue weighted by Crippen LogP contribution is -2.47. The molecular weight excluding hydrogens is 976 g/mol. The fourth-order valence-electron chi connectivity index (χ4n) is 10.2. The molecule has 0 aliphatic rings. The lowest BCUT2D eigenvalue weighted by molar-refractivity contribution is -0.870. The van der Waals surface area contributed by atoms with Crippen LogP contribution in [-0.2, 0) is 27.9 Å². The van der Waals surface area contributed by atoms with E-state index in [4.69, 9.17) is 13.8 Å². The third-order valence-electron chi connectivity index (χ3n) is 15.4. The molecule has 1 N–H and O–H groups in total. The topological polar surface area (TPSA) is 114 Å². The number of nitrogens with one attached hydrogen (secondary N) is 1. The molecule has 0 heterocycles. The molecule has 0 fully saturated rings. The molecule has 0 spiro atoms. The number of unbranched alkanes of at least 4 members (excludes halogenated alkanes) is 44. The van der Waals surface area contributed by atoms with Gasteiger partial charge in [0, 0.05) is 12.8 Å². The summed E-state index contributed by atoms with van der Waals surface area (Å²) >= 11 is 0. The minimum Gasteiger partial charge on any atom is -0.756 e. The molecule has 0 aromatic heterocycles. The second kappa shape index (κ2) is 57.7. The van der Waals surface area contributed by atoms with Gasteiger partial charge in [-0.2, -0.15) is 0 Å². The summed E-state index contributed by atoms with van der Waals surface area (Å²) in [6, 6.07) is -0.881. The van der Waals surface area contributed by atoms with Crippen molar-refractivity contribution in [2.75, 3.05) is 40.9 Å². The van der Waals surface area contributed by atoms with Gasteiger partial charge in [0.1, 0.15) is 19.3 Å². The van der Waals surface area contributed by atoms with E-state index in [1.54, 1.807) is 0 Å². The van der Waals surface area contributed by atoms with Crippen molar-refractivity contribution in [3.63, 3.8) is 0 Å². The van der Waals surface area contributed by atoms with Crippen LogP contribution >= 0.6 is 7.82 Å². The number of esters is 1. The van der Waals surface area contributed by atoms with E-state index in [0.29, 0.717) is 17.4 Å². The van der Waals surface area contributed by atoms with Crippen molar-refractivity contribution in [1.82, 2.24) is 5.32 Å². The molecule has 10 heteroatoms. The summed E-state index contributed by atoms with van der Waals surface area (Å²) in [6.45, 7) is 6.88. The van der Waals surface area contributed by atoms with Crippen molar-refractivity contribution in [2.24, 2.45) is 0 Å². The van der Waals surface area contributed by atoms with Gasteiger partial charge in [0.05, 0.1) is 33.8 Å². The summed E-state index contributed by atoms with van der Waals surface area (Å²) in [7, 11) is 1.20. The average Bonchev–Trinajstić information content (AvgIpc) is 3.39. The zero-order valence-corrected chi connectivity index (χ0v) is 53.1. The standard InChI is InChI=1S/C67H131N2O7P/c1-7-10-13-16-19-22-25-27-28-29-30-31-32-33-34-35-36-37-38-39-40-42-44-47-50-53-56-59-66(70)68-64(63-75-77(72,73)74-62-61-69(4,5)6)65(58-55-52-49-46-43-24-21-18-15-12-9-3)76-67(71)60-57-54-51-48-45-41-26-23-20-17-14-11-8-2/h27-28,55,58,64-65H,7-26,29-54,56-57,59-63H2,1-6H3,(H-,68,70,72,73)/b28-27+,58-55-. The molecule has 0 aliphatic heterocycles. The fraction of sp³-hybridized carbons (Fsp3) is 0.910. The molecule has 3 atom stereocenters. The normalized spacial score (nSPS) is 13.7. The Labute approximate surface area is 479 Å². The molecule has 1 amide bonds. The Morgan fingerprint density at radius 3 is 1.10 bits per heavy atom. The van der Waals surface area contributed by atoms with Crippen LogP contribution in [0.3, 0.4) is 0 Å². The van der Waals surface area contributed by atoms with Crippen LogP contribution in [0.2, 0.25) is 0 Å². The smallest absolute Gasteiger partial charge is 0.306 e. The number of likely N-dealkylation sites (N-methyl/N-ethyl adjacent to an activating group) is 1. The Bertz CT molecular complexity index is 1370. The maximum absolute atomic E-state index is 13.5. The van der Waals surface area contributed by atoms with Crippen molar-refractivity contribution in [1.29, 1.82) is 0 Å². The molecule has 3 unspecified atom stereocenters. The summed E-state index contributed by atoms with van der Waals surface area (Å²) < 4.78 is 30.3. The molecule has 77 heavy (non-hydrogen) atoms. The maximum atomic E-state index is 13.5. The number of quaternary nitrogens is 1. The molecule has 0 radical (unpaired) electrons. The van der Waals surface area contributed by atoms with Gasteiger partial charge in [0.2, 0.25) is 5.91 Å². The first-order valence-electron chi connectivity index (χ1n) is 33.6. The van der Waals surface area contributed by atoms with Crippen LogP contribution in [0.15, 0.2) is 24.3 Å². The number of carbonyl (C=O) groups is 2.